The van der Waals surface area contributed by atoms with Crippen molar-refractivity contribution >= 4 is 23.2 Å². The van der Waals surface area contributed by atoms with Gasteiger partial charge in [-0.2, -0.15) is 0 Å². The fourth-order valence-electron chi connectivity index (χ4n) is 2.72. The minimum absolute atomic E-state index is 0.0244. The van der Waals surface area contributed by atoms with Crippen LogP contribution in [-0.4, -0.2) is 24.7 Å². The molecule has 0 spiro atoms. The average Bonchev–Trinajstić information content (AvgIpc) is 2.70. The van der Waals surface area contributed by atoms with E-state index in [1.54, 1.807) is 36.5 Å². The zero-order valence-electron chi connectivity index (χ0n) is 15.4. The first-order valence-corrected chi connectivity index (χ1v) is 8.87. The van der Waals surface area contributed by atoms with E-state index in [9.17, 15) is 9.59 Å². The van der Waals surface area contributed by atoms with Gasteiger partial charge >= 0.3 is 0 Å². The van der Waals surface area contributed by atoms with Crippen molar-refractivity contribution in [2.75, 3.05) is 19.5 Å². The maximum atomic E-state index is 12.8. The summed E-state index contributed by atoms with van der Waals surface area (Å²) in [4.78, 5) is 25.4. The molecule has 1 N–H and O–H groups in total. The number of nitrogens with one attached hydrogen (secondary N) is 1. The van der Waals surface area contributed by atoms with E-state index in [1.165, 1.54) is 24.9 Å². The summed E-state index contributed by atoms with van der Waals surface area (Å²) < 4.78 is 11.8. The maximum absolute atomic E-state index is 12.8. The second-order valence-corrected chi connectivity index (χ2v) is 6.41. The van der Waals surface area contributed by atoms with E-state index in [2.05, 4.69) is 5.32 Å². The van der Waals surface area contributed by atoms with Gasteiger partial charge in [-0.05, 0) is 23.8 Å². The van der Waals surface area contributed by atoms with E-state index < -0.39 is 11.5 Å². The number of halogens is 1. The van der Waals surface area contributed by atoms with Crippen LogP contribution in [0.4, 0.5) is 5.69 Å². The molecule has 0 aliphatic carbocycles. The number of carbonyl (C=O) groups excluding carboxylic acids is 1. The summed E-state index contributed by atoms with van der Waals surface area (Å²) in [6.45, 7) is 0.270. The van der Waals surface area contributed by atoms with Gasteiger partial charge in [0.15, 0.2) is 0 Å². The molecule has 0 unspecified atom stereocenters. The third kappa shape index (κ3) is 4.35. The first kappa shape index (κ1) is 19.5. The molecule has 0 aliphatic rings. The number of methoxy groups -OCH3 is 2. The second-order valence-electron chi connectivity index (χ2n) is 6.00. The highest BCUT2D eigenvalue weighted by Gasteiger charge is 2.14. The van der Waals surface area contributed by atoms with Crippen molar-refractivity contribution in [2.45, 2.75) is 6.54 Å². The van der Waals surface area contributed by atoms with E-state index in [1.807, 2.05) is 18.2 Å². The molecule has 0 fully saturated rings. The molecular formula is C21H19ClN2O4. The molecule has 0 saturated heterocycles. The van der Waals surface area contributed by atoms with Crippen molar-refractivity contribution in [3.05, 3.63) is 87.3 Å². The van der Waals surface area contributed by atoms with E-state index in [0.717, 1.165) is 5.56 Å². The van der Waals surface area contributed by atoms with Gasteiger partial charge < -0.3 is 19.4 Å². The number of carbonyl (C=O) groups is 1. The average molecular weight is 399 g/mol. The molecule has 7 heteroatoms. The lowest BCUT2D eigenvalue weighted by molar-refractivity contribution is 0.102. The quantitative estimate of drug-likeness (QED) is 0.685. The molecule has 6 nitrogen and oxygen atoms in total. The normalized spacial score (nSPS) is 10.4. The number of aromatic nitrogens is 1. The Bertz CT molecular complexity index is 1040. The molecule has 28 heavy (non-hydrogen) atoms. The summed E-state index contributed by atoms with van der Waals surface area (Å²) in [5, 5.41) is 3.28. The number of pyridine rings is 1. The van der Waals surface area contributed by atoms with Gasteiger partial charge in [-0.3, -0.25) is 9.59 Å². The summed E-state index contributed by atoms with van der Waals surface area (Å²) in [5.74, 6) is 0.534. The second kappa shape index (κ2) is 8.63. The smallest absolute Gasteiger partial charge is 0.263 e. The van der Waals surface area contributed by atoms with Crippen molar-refractivity contribution in [2.24, 2.45) is 0 Å². The van der Waals surface area contributed by atoms with E-state index >= 15 is 0 Å². The number of amides is 1. The lowest BCUT2D eigenvalue weighted by Crippen LogP contribution is -2.29. The molecular weight excluding hydrogens is 380 g/mol. The third-order valence-electron chi connectivity index (χ3n) is 4.17. The van der Waals surface area contributed by atoms with Crippen LogP contribution in [0.3, 0.4) is 0 Å². The van der Waals surface area contributed by atoms with Gasteiger partial charge in [0.1, 0.15) is 17.1 Å². The molecule has 0 aliphatic heterocycles. The molecule has 1 amide bonds. The van der Waals surface area contributed by atoms with Crippen LogP contribution in [0.5, 0.6) is 11.5 Å². The fourth-order valence-corrected chi connectivity index (χ4v) is 2.92. The number of anilines is 1. The lowest BCUT2D eigenvalue weighted by Gasteiger charge is -2.11. The predicted octanol–water partition coefficient (Wildman–Crippen LogP) is 3.82. The van der Waals surface area contributed by atoms with Crippen molar-refractivity contribution in [1.29, 1.82) is 0 Å². The van der Waals surface area contributed by atoms with Crippen LogP contribution >= 0.6 is 11.6 Å². The third-order valence-corrected chi connectivity index (χ3v) is 4.54. The topological polar surface area (TPSA) is 69.6 Å². The number of benzene rings is 2. The van der Waals surface area contributed by atoms with Gasteiger partial charge in [0, 0.05) is 35.1 Å². The summed E-state index contributed by atoms with van der Waals surface area (Å²) >= 11 is 6.17. The van der Waals surface area contributed by atoms with Gasteiger partial charge in [-0.25, -0.2) is 0 Å². The molecule has 0 bridgehead atoms. The lowest BCUT2D eigenvalue weighted by atomic mass is 10.2. The Kier molecular flexibility index (Phi) is 6.01. The van der Waals surface area contributed by atoms with Crippen LogP contribution in [0.25, 0.3) is 0 Å². The first-order chi connectivity index (χ1) is 13.5. The van der Waals surface area contributed by atoms with Crippen LogP contribution in [0.2, 0.25) is 5.02 Å². The molecule has 3 rings (SSSR count). The Morgan fingerprint density at radius 2 is 1.71 bits per heavy atom. The number of hydrogen-bond donors (Lipinski definition) is 1. The summed E-state index contributed by atoms with van der Waals surface area (Å²) in [6, 6.07) is 15.4. The van der Waals surface area contributed by atoms with E-state index in [0.29, 0.717) is 22.2 Å². The van der Waals surface area contributed by atoms with Crippen molar-refractivity contribution in [3.63, 3.8) is 0 Å². The fraction of sp³-hybridized carbons (Fsp3) is 0.143. The largest absolute Gasteiger partial charge is 0.497 e. The van der Waals surface area contributed by atoms with Crippen molar-refractivity contribution in [3.8, 4) is 11.5 Å². The Morgan fingerprint density at radius 1 is 1.04 bits per heavy atom. The summed E-state index contributed by atoms with van der Waals surface area (Å²) in [5.41, 5.74) is 0.870. The molecule has 1 heterocycles. The number of ether oxygens (including phenoxy) is 2. The highest BCUT2D eigenvalue weighted by atomic mass is 35.5. The Balaban J connectivity index is 1.87. The van der Waals surface area contributed by atoms with Crippen LogP contribution in [-0.2, 0) is 6.54 Å². The Labute approximate surface area is 167 Å². The van der Waals surface area contributed by atoms with Gasteiger partial charge in [0.2, 0.25) is 0 Å². The number of rotatable bonds is 6. The zero-order valence-corrected chi connectivity index (χ0v) is 16.2. The van der Waals surface area contributed by atoms with Gasteiger partial charge in [-0.1, -0.05) is 29.8 Å². The molecule has 3 aromatic rings. The Morgan fingerprint density at radius 3 is 2.36 bits per heavy atom. The molecule has 144 valence electrons. The van der Waals surface area contributed by atoms with E-state index in [4.69, 9.17) is 21.1 Å². The van der Waals surface area contributed by atoms with Crippen LogP contribution in [0, 0.1) is 0 Å². The van der Waals surface area contributed by atoms with Crippen molar-refractivity contribution in [1.82, 2.24) is 4.57 Å². The summed E-state index contributed by atoms with van der Waals surface area (Å²) in [6.07, 6.45) is 1.62. The van der Waals surface area contributed by atoms with Crippen LogP contribution in [0.1, 0.15) is 15.9 Å². The van der Waals surface area contributed by atoms with Crippen molar-refractivity contribution < 1.29 is 14.3 Å². The zero-order chi connectivity index (χ0) is 20.1. The number of hydrogen-bond acceptors (Lipinski definition) is 4. The highest BCUT2D eigenvalue weighted by molar-refractivity contribution is 6.31. The van der Waals surface area contributed by atoms with Gasteiger partial charge in [0.05, 0.1) is 20.8 Å². The SMILES string of the molecule is COc1cc(NC(=O)c2cccn(Cc3ccccc3Cl)c2=O)cc(OC)c1. The van der Waals surface area contributed by atoms with Crippen LogP contribution in [0.15, 0.2) is 65.6 Å². The molecule has 0 saturated carbocycles. The van der Waals surface area contributed by atoms with Crippen LogP contribution < -0.4 is 20.3 Å². The maximum Gasteiger partial charge on any atom is 0.263 e. The predicted molar refractivity (Wildman–Crippen MR) is 109 cm³/mol. The molecule has 0 radical (unpaired) electrons. The molecule has 1 aromatic heterocycles. The van der Waals surface area contributed by atoms with Gasteiger partial charge in [0.25, 0.3) is 11.5 Å². The minimum atomic E-state index is -0.520. The number of nitrogens with zero attached hydrogens (tertiary/aromatic N) is 1. The molecule has 0 atom stereocenters. The highest BCUT2D eigenvalue weighted by Crippen LogP contribution is 2.26. The molecule has 2 aromatic carbocycles. The monoisotopic (exact) mass is 398 g/mol. The van der Waals surface area contributed by atoms with E-state index in [-0.39, 0.29) is 12.1 Å². The Hall–Kier alpha value is -3.25. The van der Waals surface area contributed by atoms with Gasteiger partial charge in [-0.15, -0.1) is 0 Å². The first-order valence-electron chi connectivity index (χ1n) is 8.49. The standard InChI is InChI=1S/C21H19ClN2O4/c1-27-16-10-15(11-17(12-16)28-2)23-20(25)18-7-5-9-24(21(18)26)13-14-6-3-4-8-19(14)22/h3-12H,13H2,1-2H3,(H,23,25). The summed E-state index contributed by atoms with van der Waals surface area (Å²) in [7, 11) is 3.04. The minimum Gasteiger partial charge on any atom is -0.497 e.